The summed E-state index contributed by atoms with van der Waals surface area (Å²) in [5.41, 5.74) is 5.16. The lowest BCUT2D eigenvalue weighted by Crippen LogP contribution is -2.27. The minimum absolute atomic E-state index is 0.101. The number of rotatable bonds is 7. The molecule has 9 heteroatoms. The van der Waals surface area contributed by atoms with E-state index in [2.05, 4.69) is 21.7 Å². The number of carbonyl (C=O) groups is 1. The van der Waals surface area contributed by atoms with E-state index < -0.39 is 21.8 Å². The van der Waals surface area contributed by atoms with E-state index in [-0.39, 0.29) is 35.0 Å². The fourth-order valence-corrected chi connectivity index (χ4v) is 2.68. The van der Waals surface area contributed by atoms with E-state index in [1.165, 1.54) is 0 Å². The first-order valence-corrected chi connectivity index (χ1v) is 7.91. The Bertz CT molecular complexity index is 647. The van der Waals surface area contributed by atoms with Crippen LogP contribution in [-0.2, 0) is 19.6 Å². The van der Waals surface area contributed by atoms with Crippen LogP contribution in [0.15, 0.2) is 23.1 Å². The van der Waals surface area contributed by atoms with E-state index in [1.54, 1.807) is 6.92 Å². The van der Waals surface area contributed by atoms with Gasteiger partial charge in [0, 0.05) is 12.1 Å². The van der Waals surface area contributed by atoms with E-state index in [0.717, 1.165) is 18.2 Å². The Morgan fingerprint density at radius 2 is 2.14 bits per heavy atom. The molecule has 0 fully saturated rings. The first-order chi connectivity index (χ1) is 9.77. The standard InChI is InChI=1S/C12H15FN2O4S2/c1-2-19-11(16)5-6-15-21(17,18)8-3-4-10(13)9(7-8)12(14)20/h3-4,7,15H,2,5-6H2,1H3,(H2,14,20). The highest BCUT2D eigenvalue weighted by atomic mass is 32.2. The van der Waals surface area contributed by atoms with Crippen LogP contribution in [0, 0.1) is 5.82 Å². The molecule has 0 aromatic heterocycles. The van der Waals surface area contributed by atoms with Crippen molar-refractivity contribution in [2.75, 3.05) is 13.2 Å². The van der Waals surface area contributed by atoms with Crippen LogP contribution in [0.25, 0.3) is 0 Å². The first-order valence-electron chi connectivity index (χ1n) is 6.02. The van der Waals surface area contributed by atoms with Gasteiger partial charge in [0.25, 0.3) is 0 Å². The predicted octanol–water partition coefficient (Wildman–Crippen LogP) is 0.691. The molecule has 0 heterocycles. The molecular formula is C12H15FN2O4S2. The zero-order valence-corrected chi connectivity index (χ0v) is 12.9. The van der Waals surface area contributed by atoms with Crippen molar-refractivity contribution < 1.29 is 22.3 Å². The molecule has 0 unspecified atom stereocenters. The van der Waals surface area contributed by atoms with Gasteiger partial charge in [0.2, 0.25) is 10.0 Å². The maximum Gasteiger partial charge on any atom is 0.307 e. The summed E-state index contributed by atoms with van der Waals surface area (Å²) in [6, 6.07) is 3.10. The highest BCUT2D eigenvalue weighted by molar-refractivity contribution is 7.89. The lowest BCUT2D eigenvalue weighted by molar-refractivity contribution is -0.142. The van der Waals surface area contributed by atoms with Crippen molar-refractivity contribution in [3.63, 3.8) is 0 Å². The van der Waals surface area contributed by atoms with Crippen LogP contribution in [0.1, 0.15) is 18.9 Å². The summed E-state index contributed by atoms with van der Waals surface area (Å²) >= 11 is 4.64. The third-order valence-corrected chi connectivity index (χ3v) is 4.12. The highest BCUT2D eigenvalue weighted by Gasteiger charge is 2.17. The van der Waals surface area contributed by atoms with Crippen LogP contribution >= 0.6 is 12.2 Å². The number of esters is 1. The maximum atomic E-state index is 13.4. The maximum absolute atomic E-state index is 13.4. The lowest BCUT2D eigenvalue weighted by atomic mass is 10.2. The summed E-state index contributed by atoms with van der Waals surface area (Å²) in [7, 11) is -3.88. The Balaban J connectivity index is 2.81. The van der Waals surface area contributed by atoms with E-state index in [9.17, 15) is 17.6 Å². The number of halogens is 1. The van der Waals surface area contributed by atoms with Crippen LogP contribution in [-0.4, -0.2) is 32.5 Å². The van der Waals surface area contributed by atoms with Crippen molar-refractivity contribution in [3.05, 3.63) is 29.6 Å². The first kappa shape index (κ1) is 17.5. The third kappa shape index (κ3) is 5.03. The van der Waals surface area contributed by atoms with E-state index in [0.29, 0.717) is 0 Å². The Kier molecular flexibility index (Phi) is 6.19. The smallest absolute Gasteiger partial charge is 0.307 e. The van der Waals surface area contributed by atoms with Crippen molar-refractivity contribution in [2.45, 2.75) is 18.2 Å². The zero-order valence-electron chi connectivity index (χ0n) is 11.3. The summed E-state index contributed by atoms with van der Waals surface area (Å²) in [6.45, 7) is 1.75. The second-order valence-corrected chi connectivity index (χ2v) is 6.17. The number of hydrogen-bond acceptors (Lipinski definition) is 5. The fraction of sp³-hybridized carbons (Fsp3) is 0.333. The minimum Gasteiger partial charge on any atom is -0.466 e. The quantitative estimate of drug-likeness (QED) is 0.562. The van der Waals surface area contributed by atoms with Gasteiger partial charge in [-0.1, -0.05) is 12.2 Å². The van der Waals surface area contributed by atoms with Crippen molar-refractivity contribution in [1.82, 2.24) is 4.72 Å². The molecule has 21 heavy (non-hydrogen) atoms. The number of benzene rings is 1. The van der Waals surface area contributed by atoms with Gasteiger partial charge in [0.1, 0.15) is 10.8 Å². The Labute approximate surface area is 127 Å². The molecule has 0 radical (unpaired) electrons. The van der Waals surface area contributed by atoms with Crippen LogP contribution < -0.4 is 10.5 Å². The van der Waals surface area contributed by atoms with Gasteiger partial charge in [-0.05, 0) is 25.1 Å². The molecule has 0 saturated heterocycles. The number of hydrogen-bond donors (Lipinski definition) is 2. The average Bonchev–Trinajstić information content (AvgIpc) is 2.38. The molecule has 6 nitrogen and oxygen atoms in total. The van der Waals surface area contributed by atoms with Gasteiger partial charge >= 0.3 is 5.97 Å². The number of ether oxygens (including phenoxy) is 1. The van der Waals surface area contributed by atoms with Gasteiger partial charge in [0.05, 0.1) is 17.9 Å². The number of sulfonamides is 1. The second-order valence-electron chi connectivity index (χ2n) is 3.96. The monoisotopic (exact) mass is 334 g/mol. The molecule has 1 rings (SSSR count). The van der Waals surface area contributed by atoms with Gasteiger partial charge in [-0.3, -0.25) is 4.79 Å². The van der Waals surface area contributed by atoms with Gasteiger partial charge in [-0.2, -0.15) is 0 Å². The molecule has 0 atom stereocenters. The van der Waals surface area contributed by atoms with Crippen LogP contribution in [0.5, 0.6) is 0 Å². The van der Waals surface area contributed by atoms with Gasteiger partial charge in [-0.15, -0.1) is 0 Å². The molecule has 0 aliphatic heterocycles. The predicted molar refractivity (Wildman–Crippen MR) is 78.7 cm³/mol. The Morgan fingerprint density at radius 1 is 1.48 bits per heavy atom. The molecule has 3 N–H and O–H groups in total. The Morgan fingerprint density at radius 3 is 2.71 bits per heavy atom. The van der Waals surface area contributed by atoms with Crippen molar-refractivity contribution >= 4 is 33.2 Å². The average molecular weight is 334 g/mol. The summed E-state index contributed by atoms with van der Waals surface area (Å²) in [4.78, 5) is 10.7. The van der Waals surface area contributed by atoms with Gasteiger partial charge in [0.15, 0.2) is 0 Å². The van der Waals surface area contributed by atoms with Crippen molar-refractivity contribution in [1.29, 1.82) is 0 Å². The number of nitrogens with two attached hydrogens (primary N) is 1. The van der Waals surface area contributed by atoms with Gasteiger partial charge in [-0.25, -0.2) is 17.5 Å². The molecule has 1 aromatic carbocycles. The zero-order chi connectivity index (χ0) is 16.0. The van der Waals surface area contributed by atoms with Crippen LogP contribution in [0.4, 0.5) is 4.39 Å². The summed E-state index contributed by atoms with van der Waals surface area (Å²) in [5.74, 6) is -1.21. The number of carbonyl (C=O) groups excluding carboxylic acids is 1. The summed E-state index contributed by atoms with van der Waals surface area (Å²) < 4.78 is 44.3. The molecule has 1 aromatic rings. The minimum atomic E-state index is -3.88. The van der Waals surface area contributed by atoms with E-state index in [1.807, 2.05) is 0 Å². The molecular weight excluding hydrogens is 319 g/mol. The number of thiocarbonyl (C=S) groups is 1. The van der Waals surface area contributed by atoms with Crippen molar-refractivity contribution in [3.8, 4) is 0 Å². The fourth-order valence-electron chi connectivity index (χ4n) is 1.46. The molecule has 0 spiro atoms. The molecule has 0 aliphatic carbocycles. The van der Waals surface area contributed by atoms with E-state index >= 15 is 0 Å². The van der Waals surface area contributed by atoms with Crippen LogP contribution in [0.2, 0.25) is 0 Å². The van der Waals surface area contributed by atoms with Crippen LogP contribution in [0.3, 0.4) is 0 Å². The lowest BCUT2D eigenvalue weighted by Gasteiger charge is -2.08. The Hall–Kier alpha value is -1.58. The third-order valence-electron chi connectivity index (χ3n) is 2.44. The normalized spacial score (nSPS) is 11.1. The molecule has 0 aliphatic rings. The van der Waals surface area contributed by atoms with E-state index in [4.69, 9.17) is 5.73 Å². The molecule has 0 saturated carbocycles. The molecule has 0 bridgehead atoms. The highest BCUT2D eigenvalue weighted by Crippen LogP contribution is 2.15. The topological polar surface area (TPSA) is 98.5 Å². The molecule has 116 valence electrons. The largest absolute Gasteiger partial charge is 0.466 e. The molecule has 0 amide bonds. The summed E-state index contributed by atoms with van der Waals surface area (Å²) in [5, 5.41) is 0. The van der Waals surface area contributed by atoms with Gasteiger partial charge < -0.3 is 10.5 Å². The SMILES string of the molecule is CCOC(=O)CCNS(=O)(=O)c1ccc(F)c(C(N)=S)c1. The summed E-state index contributed by atoms with van der Waals surface area (Å²) in [6.07, 6.45) is -0.101. The van der Waals surface area contributed by atoms with Crippen molar-refractivity contribution in [2.24, 2.45) is 5.73 Å². The number of nitrogens with one attached hydrogen (secondary N) is 1. The second kappa shape index (κ2) is 7.43.